The van der Waals surface area contributed by atoms with Gasteiger partial charge >= 0.3 is 6.85 Å². The van der Waals surface area contributed by atoms with Gasteiger partial charge in [-0.05, 0) is 84.1 Å². The zero-order valence-electron chi connectivity index (χ0n) is 27.4. The van der Waals surface area contributed by atoms with E-state index in [9.17, 15) is 0 Å². The van der Waals surface area contributed by atoms with Crippen LogP contribution in [0.5, 0.6) is 0 Å². The van der Waals surface area contributed by atoms with Crippen molar-refractivity contribution in [2.45, 2.75) is 52.4 Å². The normalized spacial score (nSPS) is 13.2. The summed E-state index contributed by atoms with van der Waals surface area (Å²) in [5, 5.41) is 7.77. The molecular weight excluding hydrogens is 583 g/mol. The number of hydrogen-bond donors (Lipinski definition) is 0. The van der Waals surface area contributed by atoms with Crippen LogP contribution in [-0.2, 0) is 12.8 Å². The molecule has 48 heavy (non-hydrogen) atoms. The second kappa shape index (κ2) is 9.67. The summed E-state index contributed by atoms with van der Waals surface area (Å²) in [5.41, 5.74) is 16.7. The first-order valence-electron chi connectivity index (χ1n) is 17.9. The van der Waals surface area contributed by atoms with Crippen molar-refractivity contribution >= 4 is 83.3 Å². The second-order valence-electron chi connectivity index (χ2n) is 14.1. The highest BCUT2D eigenvalue weighted by Gasteiger charge is 2.43. The third kappa shape index (κ3) is 3.30. The number of para-hydroxylation sites is 3. The fourth-order valence-electron chi connectivity index (χ4n) is 9.34. The standard InChI is InChI=1S/C44H35BN2O/c1-3-5-12-26-20-21-36-32(22-26)33-23-27(13-6-4-2)24-35-43(33)46(36)38-25-34-29-15-8-10-19-39(29)48-44(34)40-31-17-11-16-30-28-14-7-9-18-37(28)47(42(30)31)45(35)41(38)40/h7-11,14-25H,3-6,12-13H2,1-2H3. The number of nitrogens with zero attached hydrogens (tertiary/aromatic N) is 2. The van der Waals surface area contributed by atoms with Crippen LogP contribution in [0.25, 0.3) is 82.4 Å². The lowest BCUT2D eigenvalue weighted by molar-refractivity contribution is 0.670. The highest BCUT2D eigenvalue weighted by molar-refractivity contribution is 6.90. The van der Waals surface area contributed by atoms with Crippen molar-refractivity contribution < 1.29 is 4.42 Å². The Kier molecular flexibility index (Phi) is 5.40. The molecule has 3 nitrogen and oxygen atoms in total. The van der Waals surface area contributed by atoms with Gasteiger partial charge in [0, 0.05) is 60.2 Å². The third-order valence-electron chi connectivity index (χ3n) is 11.4. The molecule has 0 fully saturated rings. The summed E-state index contributed by atoms with van der Waals surface area (Å²) < 4.78 is 12.2. The van der Waals surface area contributed by atoms with E-state index < -0.39 is 0 Å². The summed E-state index contributed by atoms with van der Waals surface area (Å²) in [6.07, 6.45) is 7.01. The van der Waals surface area contributed by atoms with Crippen molar-refractivity contribution in [3.8, 4) is 16.8 Å². The van der Waals surface area contributed by atoms with Gasteiger partial charge in [-0.2, -0.15) is 0 Å². The summed E-state index contributed by atoms with van der Waals surface area (Å²) in [6, 6.07) is 39.3. The maximum Gasteiger partial charge on any atom is 0.333 e. The smallest absolute Gasteiger partial charge is 0.333 e. The Labute approximate surface area is 279 Å². The maximum atomic E-state index is 6.88. The topological polar surface area (TPSA) is 23.0 Å². The predicted octanol–water partition coefficient (Wildman–Crippen LogP) is 10.4. The number of aromatic nitrogens is 2. The van der Waals surface area contributed by atoms with E-state index in [4.69, 9.17) is 4.42 Å². The van der Waals surface area contributed by atoms with Crippen LogP contribution in [0.2, 0.25) is 0 Å². The number of benzene rings is 6. The van der Waals surface area contributed by atoms with Crippen molar-refractivity contribution in [1.29, 1.82) is 0 Å². The van der Waals surface area contributed by atoms with Gasteiger partial charge in [0.2, 0.25) is 0 Å². The van der Waals surface area contributed by atoms with Gasteiger partial charge in [-0.1, -0.05) is 93.4 Å². The Morgan fingerprint density at radius 3 is 2.25 bits per heavy atom. The van der Waals surface area contributed by atoms with Gasteiger partial charge < -0.3 is 13.5 Å². The van der Waals surface area contributed by atoms with E-state index >= 15 is 0 Å². The molecular formula is C44H35BN2O. The van der Waals surface area contributed by atoms with Crippen LogP contribution in [0, 0.1) is 0 Å². The first kappa shape index (κ1) is 26.8. The molecule has 6 aromatic carbocycles. The number of rotatable bonds is 6. The van der Waals surface area contributed by atoms with E-state index in [-0.39, 0.29) is 6.85 Å². The largest absolute Gasteiger partial charge is 0.455 e. The predicted molar refractivity (Wildman–Crippen MR) is 204 cm³/mol. The molecule has 0 amide bonds. The molecule has 9 aromatic rings. The Morgan fingerprint density at radius 1 is 0.604 bits per heavy atom. The summed E-state index contributed by atoms with van der Waals surface area (Å²) in [7, 11) is 0. The average molecular weight is 619 g/mol. The zero-order valence-corrected chi connectivity index (χ0v) is 27.4. The summed E-state index contributed by atoms with van der Waals surface area (Å²) >= 11 is 0. The highest BCUT2D eigenvalue weighted by Crippen LogP contribution is 2.47. The molecule has 0 N–H and O–H groups in total. The number of fused-ring (bicyclic) bond motifs is 14. The number of aryl methyl sites for hydroxylation is 2. The summed E-state index contributed by atoms with van der Waals surface area (Å²) in [5.74, 6) is 0. The molecule has 0 radical (unpaired) electrons. The second-order valence-corrected chi connectivity index (χ2v) is 14.1. The minimum Gasteiger partial charge on any atom is -0.455 e. The molecule has 0 atom stereocenters. The summed E-state index contributed by atoms with van der Waals surface area (Å²) in [6.45, 7) is 4.62. The molecule has 11 rings (SSSR count). The van der Waals surface area contributed by atoms with E-state index in [1.165, 1.54) is 119 Å². The van der Waals surface area contributed by atoms with Crippen LogP contribution >= 0.6 is 0 Å². The molecule has 0 saturated heterocycles. The van der Waals surface area contributed by atoms with Crippen LogP contribution in [0.4, 0.5) is 0 Å². The monoisotopic (exact) mass is 618 g/mol. The van der Waals surface area contributed by atoms with Gasteiger partial charge in [0.1, 0.15) is 11.2 Å². The van der Waals surface area contributed by atoms with Crippen molar-refractivity contribution in [3.63, 3.8) is 0 Å². The first-order valence-corrected chi connectivity index (χ1v) is 17.9. The van der Waals surface area contributed by atoms with Gasteiger partial charge in [-0.3, -0.25) is 0 Å². The molecule has 0 unspecified atom stereocenters. The van der Waals surface area contributed by atoms with Crippen molar-refractivity contribution in [1.82, 2.24) is 9.05 Å². The van der Waals surface area contributed by atoms with Crippen LogP contribution in [0.3, 0.4) is 0 Å². The molecule has 0 aliphatic carbocycles. The number of furan rings is 1. The third-order valence-corrected chi connectivity index (χ3v) is 11.4. The Morgan fingerprint density at radius 2 is 1.38 bits per heavy atom. The number of hydrogen-bond acceptors (Lipinski definition) is 1. The van der Waals surface area contributed by atoms with Crippen LogP contribution in [-0.4, -0.2) is 15.9 Å². The number of unbranched alkanes of at least 4 members (excludes halogenated alkanes) is 2. The molecule has 0 saturated carbocycles. The van der Waals surface area contributed by atoms with E-state index in [0.717, 1.165) is 24.0 Å². The van der Waals surface area contributed by atoms with Crippen molar-refractivity contribution in [2.24, 2.45) is 0 Å². The quantitative estimate of drug-likeness (QED) is 0.170. The van der Waals surface area contributed by atoms with E-state index in [0.29, 0.717) is 0 Å². The molecule has 0 bridgehead atoms. The molecule has 230 valence electrons. The Hall–Kier alpha value is -5.22. The lowest BCUT2D eigenvalue weighted by Crippen LogP contribution is -2.55. The van der Waals surface area contributed by atoms with E-state index in [2.05, 4.69) is 126 Å². The van der Waals surface area contributed by atoms with Gasteiger partial charge in [0.15, 0.2) is 0 Å². The highest BCUT2D eigenvalue weighted by atomic mass is 16.3. The van der Waals surface area contributed by atoms with Gasteiger partial charge in [0.25, 0.3) is 0 Å². The lowest BCUT2D eigenvalue weighted by atomic mass is 9.45. The van der Waals surface area contributed by atoms with Crippen molar-refractivity contribution in [3.05, 3.63) is 114 Å². The molecule has 4 heteroatoms. The van der Waals surface area contributed by atoms with Gasteiger partial charge in [0.05, 0.1) is 11.0 Å². The Balaban J connectivity index is 1.38. The van der Waals surface area contributed by atoms with E-state index in [1.54, 1.807) is 0 Å². The average Bonchev–Trinajstić information content (AvgIpc) is 3.78. The molecule has 2 aliphatic rings. The lowest BCUT2D eigenvalue weighted by Gasteiger charge is -2.34. The fourth-order valence-corrected chi connectivity index (χ4v) is 9.34. The van der Waals surface area contributed by atoms with E-state index in [1.807, 2.05) is 0 Å². The zero-order chi connectivity index (χ0) is 31.7. The van der Waals surface area contributed by atoms with Crippen LogP contribution < -0.4 is 10.9 Å². The molecule has 2 aliphatic heterocycles. The van der Waals surface area contributed by atoms with Crippen LogP contribution in [0.1, 0.15) is 50.7 Å². The minimum absolute atomic E-state index is 0.0327. The molecule has 0 spiro atoms. The van der Waals surface area contributed by atoms with Gasteiger partial charge in [-0.15, -0.1) is 0 Å². The fraction of sp³-hybridized carbons (Fsp3) is 0.182. The maximum absolute atomic E-state index is 6.88. The Bertz CT molecular complexity index is 2830. The summed E-state index contributed by atoms with van der Waals surface area (Å²) in [4.78, 5) is 0. The molecule has 3 aromatic heterocycles. The molecule has 5 heterocycles. The first-order chi connectivity index (χ1) is 23.7. The minimum atomic E-state index is 0.0327. The van der Waals surface area contributed by atoms with Crippen LogP contribution in [0.15, 0.2) is 108 Å². The van der Waals surface area contributed by atoms with Gasteiger partial charge in [-0.25, -0.2) is 0 Å². The SMILES string of the molecule is CCCCc1ccc2c(c1)c1cc(CCCC)cc3c1n2-c1cc2c(oc4ccccc42)c2c1B3n1c3ccccc3c3cccc-2c31. The van der Waals surface area contributed by atoms with Crippen molar-refractivity contribution in [2.75, 3.05) is 0 Å².